The normalized spacial score (nSPS) is 14.8. The summed E-state index contributed by atoms with van der Waals surface area (Å²) in [6.07, 6.45) is 1.70. The third-order valence-corrected chi connectivity index (χ3v) is 6.07. The summed E-state index contributed by atoms with van der Waals surface area (Å²) in [5.41, 5.74) is 1.77. The number of aliphatic imine (C=N–C) groups is 1. The molecule has 3 aromatic rings. The topological polar surface area (TPSA) is 87.5 Å². The average Bonchev–Trinajstić information content (AvgIpc) is 3.31. The molecule has 1 aliphatic rings. The van der Waals surface area contributed by atoms with Crippen molar-refractivity contribution < 1.29 is 9.59 Å². The lowest BCUT2D eigenvalue weighted by Crippen LogP contribution is -2.31. The van der Waals surface area contributed by atoms with Gasteiger partial charge in [0.2, 0.25) is 11.0 Å². The average molecular weight is 470 g/mol. The van der Waals surface area contributed by atoms with Crippen LogP contribution in [0.4, 0.5) is 10.8 Å². The number of aryl methyl sites for hydroxylation is 1. The van der Waals surface area contributed by atoms with E-state index in [4.69, 9.17) is 11.6 Å². The number of hydrogen-bond acceptors (Lipinski definition) is 7. The number of hydrogen-bond donors (Lipinski definition) is 1. The van der Waals surface area contributed by atoms with Crippen molar-refractivity contribution in [2.75, 3.05) is 16.0 Å². The Morgan fingerprint density at radius 3 is 2.58 bits per heavy atom. The fraction of sp³-hybridized carbons (Fsp3) is 0.0952. The van der Waals surface area contributed by atoms with E-state index in [1.54, 1.807) is 18.2 Å². The van der Waals surface area contributed by atoms with Crippen molar-refractivity contribution in [2.45, 2.75) is 6.92 Å². The first-order valence-corrected chi connectivity index (χ1v) is 11.4. The Hall–Kier alpha value is -3.01. The van der Waals surface area contributed by atoms with Gasteiger partial charge in [-0.3, -0.25) is 19.8 Å². The van der Waals surface area contributed by atoms with Gasteiger partial charge in [0.15, 0.2) is 5.17 Å². The van der Waals surface area contributed by atoms with Crippen LogP contribution in [0.15, 0.2) is 65.3 Å². The number of carbonyl (C=O) groups excluding carboxylic acids is 2. The fourth-order valence-electron chi connectivity index (χ4n) is 2.75. The van der Waals surface area contributed by atoms with Crippen molar-refractivity contribution in [1.29, 1.82) is 0 Å². The number of rotatable bonds is 5. The molecular formula is C21H16ClN5O2S2. The van der Waals surface area contributed by atoms with E-state index in [0.717, 1.165) is 10.6 Å². The van der Waals surface area contributed by atoms with Gasteiger partial charge in [0.25, 0.3) is 5.91 Å². The number of amidine groups is 1. The van der Waals surface area contributed by atoms with Gasteiger partial charge in [0.1, 0.15) is 10.7 Å². The first-order chi connectivity index (χ1) is 15.0. The van der Waals surface area contributed by atoms with Gasteiger partial charge < -0.3 is 0 Å². The van der Waals surface area contributed by atoms with Crippen molar-refractivity contribution in [2.24, 2.45) is 4.99 Å². The van der Waals surface area contributed by atoms with Crippen LogP contribution in [0.1, 0.15) is 10.6 Å². The molecule has 1 aromatic heterocycles. The molecule has 0 atom stereocenters. The molecule has 0 fully saturated rings. The summed E-state index contributed by atoms with van der Waals surface area (Å²) in [5.74, 6) is -0.439. The van der Waals surface area contributed by atoms with Gasteiger partial charge in [-0.05, 0) is 42.8 Å². The molecule has 2 amide bonds. The van der Waals surface area contributed by atoms with Crippen molar-refractivity contribution in [3.05, 3.63) is 75.9 Å². The van der Waals surface area contributed by atoms with Gasteiger partial charge in [-0.2, -0.15) is 0 Å². The summed E-state index contributed by atoms with van der Waals surface area (Å²) in [7, 11) is 0. The smallest absolute Gasteiger partial charge is 0.283 e. The summed E-state index contributed by atoms with van der Waals surface area (Å²) >= 11 is 8.42. The van der Waals surface area contributed by atoms with E-state index in [1.165, 1.54) is 28.0 Å². The van der Waals surface area contributed by atoms with E-state index in [9.17, 15) is 9.59 Å². The molecule has 0 bridgehead atoms. The Morgan fingerprint density at radius 1 is 1.16 bits per heavy atom. The highest BCUT2D eigenvalue weighted by atomic mass is 35.5. The van der Waals surface area contributed by atoms with Crippen LogP contribution in [-0.4, -0.2) is 32.9 Å². The van der Waals surface area contributed by atoms with Crippen molar-refractivity contribution in [3.8, 4) is 0 Å². The Labute approximate surface area is 191 Å². The Morgan fingerprint density at radius 2 is 1.90 bits per heavy atom. The van der Waals surface area contributed by atoms with Crippen molar-refractivity contribution >= 4 is 68.6 Å². The summed E-state index contributed by atoms with van der Waals surface area (Å²) in [6.45, 7) is 1.81. The van der Waals surface area contributed by atoms with Gasteiger partial charge in [-0.25, -0.2) is 4.99 Å². The van der Waals surface area contributed by atoms with Crippen LogP contribution >= 0.6 is 34.7 Å². The van der Waals surface area contributed by atoms with Crippen LogP contribution in [0.5, 0.6) is 0 Å². The maximum atomic E-state index is 13.1. The first kappa shape index (κ1) is 21.2. The minimum Gasteiger partial charge on any atom is -0.300 e. The summed E-state index contributed by atoms with van der Waals surface area (Å²) in [6, 6.07) is 16.3. The highest BCUT2D eigenvalue weighted by Crippen LogP contribution is 2.29. The lowest BCUT2D eigenvalue weighted by Gasteiger charge is -2.17. The molecule has 0 radical (unpaired) electrons. The minimum absolute atomic E-state index is 0.0717. The number of thioether (sulfide) groups is 1. The third-order valence-electron chi connectivity index (χ3n) is 4.12. The van der Waals surface area contributed by atoms with Gasteiger partial charge in [-0.1, -0.05) is 65.0 Å². The molecule has 7 nitrogen and oxygen atoms in total. The fourth-order valence-corrected chi connectivity index (χ4v) is 4.29. The summed E-state index contributed by atoms with van der Waals surface area (Å²) in [4.78, 5) is 31.5. The zero-order valence-corrected chi connectivity index (χ0v) is 18.7. The largest absolute Gasteiger partial charge is 0.300 e. The van der Waals surface area contributed by atoms with Crippen molar-refractivity contribution in [1.82, 2.24) is 10.2 Å². The molecule has 156 valence electrons. The molecule has 0 saturated heterocycles. The number of nitrogens with one attached hydrogen (secondary N) is 1. The van der Waals surface area contributed by atoms with Crippen LogP contribution in [0, 0.1) is 6.92 Å². The van der Waals surface area contributed by atoms with Gasteiger partial charge in [-0.15, -0.1) is 10.2 Å². The lowest BCUT2D eigenvalue weighted by molar-refractivity contribution is -0.114. The number of anilines is 2. The summed E-state index contributed by atoms with van der Waals surface area (Å²) in [5, 5.41) is 12.7. The van der Waals surface area contributed by atoms with E-state index >= 15 is 0 Å². The third kappa shape index (κ3) is 5.19. The Kier molecular flexibility index (Phi) is 6.45. The minimum atomic E-state index is -0.260. The standard InChI is InChI=1S/C21H16ClN5O2S2/c1-13-25-26-20(31-13)24-18(28)12-30-21-23-17(11-14-7-9-15(22)10-8-14)19(29)27(21)16-5-3-2-4-6-16/h2-11H,12H2,1H3,(H,24,26,28)/b17-11+. The second kappa shape index (κ2) is 9.42. The molecule has 0 saturated carbocycles. The van der Waals surface area contributed by atoms with Crippen LogP contribution in [0.2, 0.25) is 5.02 Å². The van der Waals surface area contributed by atoms with Gasteiger partial charge in [0.05, 0.1) is 11.4 Å². The summed E-state index contributed by atoms with van der Waals surface area (Å²) < 4.78 is 0. The van der Waals surface area contributed by atoms with E-state index in [0.29, 0.717) is 21.0 Å². The number of amides is 2. The molecule has 10 heteroatoms. The predicted octanol–water partition coefficient (Wildman–Crippen LogP) is 4.62. The first-order valence-electron chi connectivity index (χ1n) is 9.18. The number of benzene rings is 2. The highest BCUT2D eigenvalue weighted by molar-refractivity contribution is 8.14. The SMILES string of the molecule is Cc1nnc(NC(=O)CSC2=N/C(=C/c3ccc(Cl)cc3)C(=O)N2c2ccccc2)s1. The second-order valence-electron chi connectivity index (χ2n) is 6.41. The van der Waals surface area contributed by atoms with Crippen LogP contribution in [-0.2, 0) is 9.59 Å². The van der Waals surface area contributed by atoms with Crippen molar-refractivity contribution in [3.63, 3.8) is 0 Å². The molecular weight excluding hydrogens is 454 g/mol. The lowest BCUT2D eigenvalue weighted by atomic mass is 10.2. The van der Waals surface area contributed by atoms with E-state index in [2.05, 4.69) is 20.5 Å². The van der Waals surface area contributed by atoms with Crippen LogP contribution in [0.3, 0.4) is 0 Å². The molecule has 2 heterocycles. The molecule has 0 spiro atoms. The molecule has 0 aliphatic carbocycles. The van der Waals surface area contributed by atoms with Gasteiger partial charge >= 0.3 is 0 Å². The van der Waals surface area contributed by atoms with Crippen LogP contribution < -0.4 is 10.2 Å². The molecule has 2 aromatic carbocycles. The molecule has 0 unspecified atom stereocenters. The predicted molar refractivity (Wildman–Crippen MR) is 127 cm³/mol. The monoisotopic (exact) mass is 469 g/mol. The zero-order valence-electron chi connectivity index (χ0n) is 16.3. The number of para-hydroxylation sites is 1. The van der Waals surface area contributed by atoms with Crippen LogP contribution in [0.25, 0.3) is 6.08 Å². The second-order valence-corrected chi connectivity index (χ2v) is 8.98. The molecule has 1 aliphatic heterocycles. The van der Waals surface area contributed by atoms with E-state index < -0.39 is 0 Å². The Bertz CT molecular complexity index is 1180. The van der Waals surface area contributed by atoms with E-state index in [-0.39, 0.29) is 23.3 Å². The highest BCUT2D eigenvalue weighted by Gasteiger charge is 2.32. The van der Waals surface area contributed by atoms with E-state index in [1.807, 2.05) is 49.4 Å². The maximum Gasteiger partial charge on any atom is 0.283 e. The number of aromatic nitrogens is 2. The quantitative estimate of drug-likeness (QED) is 0.551. The zero-order chi connectivity index (χ0) is 21.8. The number of halogens is 1. The number of carbonyl (C=O) groups is 2. The molecule has 1 N–H and O–H groups in total. The molecule has 31 heavy (non-hydrogen) atoms. The van der Waals surface area contributed by atoms with Gasteiger partial charge in [0, 0.05) is 5.02 Å². The Balaban J connectivity index is 1.55. The number of nitrogens with zero attached hydrogens (tertiary/aromatic N) is 4. The molecule has 4 rings (SSSR count). The maximum absolute atomic E-state index is 13.1.